The van der Waals surface area contributed by atoms with Gasteiger partial charge in [0.2, 0.25) is 0 Å². The number of carbonyl (C=O) groups excluding carboxylic acids is 1. The zero-order chi connectivity index (χ0) is 21.8. The van der Waals surface area contributed by atoms with E-state index in [0.29, 0.717) is 17.3 Å². The minimum Gasteiger partial charge on any atom is -0.342 e. The van der Waals surface area contributed by atoms with Crippen LogP contribution >= 0.6 is 27.5 Å². The Kier molecular flexibility index (Phi) is 6.22. The van der Waals surface area contributed by atoms with Gasteiger partial charge < -0.3 is 9.88 Å². The number of hydrogen-bond donors (Lipinski definition) is 1. The van der Waals surface area contributed by atoms with E-state index in [9.17, 15) is 10.1 Å². The molecular formula is C25H17BrClN3O. The van der Waals surface area contributed by atoms with Gasteiger partial charge >= 0.3 is 0 Å². The van der Waals surface area contributed by atoms with Crippen LogP contribution in [-0.2, 0) is 11.3 Å². The lowest BCUT2D eigenvalue weighted by atomic mass is 10.1. The van der Waals surface area contributed by atoms with E-state index < -0.39 is 5.91 Å². The molecule has 0 bridgehead atoms. The molecule has 0 spiro atoms. The highest BCUT2D eigenvalue weighted by molar-refractivity contribution is 9.10. The Balaban J connectivity index is 1.66. The van der Waals surface area contributed by atoms with Crippen molar-refractivity contribution in [2.75, 3.05) is 5.32 Å². The van der Waals surface area contributed by atoms with Crippen molar-refractivity contribution in [2.45, 2.75) is 6.54 Å². The van der Waals surface area contributed by atoms with Crippen LogP contribution in [0.5, 0.6) is 0 Å². The number of aromatic nitrogens is 1. The number of nitrogens with one attached hydrogen (secondary N) is 1. The number of hydrogen-bond acceptors (Lipinski definition) is 2. The van der Waals surface area contributed by atoms with Crippen molar-refractivity contribution in [3.05, 3.63) is 105 Å². The fourth-order valence-electron chi connectivity index (χ4n) is 3.34. The van der Waals surface area contributed by atoms with Crippen LogP contribution < -0.4 is 5.32 Å². The van der Waals surface area contributed by atoms with Crippen molar-refractivity contribution in [2.24, 2.45) is 0 Å². The number of carbonyl (C=O) groups is 1. The average molecular weight is 491 g/mol. The monoisotopic (exact) mass is 489 g/mol. The Morgan fingerprint density at radius 1 is 1.06 bits per heavy atom. The minimum atomic E-state index is -0.445. The van der Waals surface area contributed by atoms with E-state index in [-0.39, 0.29) is 5.57 Å². The first-order valence-electron chi connectivity index (χ1n) is 9.54. The van der Waals surface area contributed by atoms with Gasteiger partial charge in [-0.15, -0.1) is 0 Å². The molecule has 0 aliphatic rings. The average Bonchev–Trinajstić information content (AvgIpc) is 3.12. The van der Waals surface area contributed by atoms with Crippen LogP contribution in [0.4, 0.5) is 5.69 Å². The fourth-order valence-corrected chi connectivity index (χ4v) is 3.73. The van der Waals surface area contributed by atoms with Gasteiger partial charge in [0.05, 0.1) is 0 Å². The molecular weight excluding hydrogens is 474 g/mol. The minimum absolute atomic E-state index is 0.0392. The molecule has 31 heavy (non-hydrogen) atoms. The third-order valence-corrected chi connectivity index (χ3v) is 5.63. The maximum absolute atomic E-state index is 12.7. The van der Waals surface area contributed by atoms with E-state index in [1.807, 2.05) is 72.9 Å². The molecule has 1 amide bonds. The molecule has 3 aromatic carbocycles. The molecule has 0 aliphatic carbocycles. The normalized spacial score (nSPS) is 11.3. The van der Waals surface area contributed by atoms with Gasteiger partial charge in [-0.1, -0.05) is 57.9 Å². The fraction of sp³-hybridized carbons (Fsp3) is 0.0400. The predicted molar refractivity (Wildman–Crippen MR) is 129 cm³/mol. The van der Waals surface area contributed by atoms with Crippen molar-refractivity contribution in [3.8, 4) is 6.07 Å². The van der Waals surface area contributed by atoms with Gasteiger partial charge in [-0.05, 0) is 54.1 Å². The lowest BCUT2D eigenvalue weighted by Crippen LogP contribution is -2.13. The zero-order valence-electron chi connectivity index (χ0n) is 16.3. The van der Waals surface area contributed by atoms with Crippen molar-refractivity contribution in [3.63, 3.8) is 0 Å². The summed E-state index contributed by atoms with van der Waals surface area (Å²) in [5.74, 6) is -0.445. The highest BCUT2D eigenvalue weighted by atomic mass is 79.9. The van der Waals surface area contributed by atoms with E-state index in [4.69, 9.17) is 11.6 Å². The third kappa shape index (κ3) is 4.88. The molecule has 0 atom stereocenters. The van der Waals surface area contributed by atoms with Gasteiger partial charge in [-0.3, -0.25) is 4.79 Å². The number of para-hydroxylation sites is 1. The van der Waals surface area contributed by atoms with Crippen LogP contribution in [0.15, 0.2) is 89.0 Å². The zero-order valence-corrected chi connectivity index (χ0v) is 18.7. The van der Waals surface area contributed by atoms with E-state index in [0.717, 1.165) is 26.5 Å². The summed E-state index contributed by atoms with van der Waals surface area (Å²) in [6.45, 7) is 0.651. The molecule has 0 radical (unpaired) electrons. The maximum atomic E-state index is 12.7. The number of fused-ring (bicyclic) bond motifs is 1. The molecule has 4 nitrogen and oxygen atoms in total. The Morgan fingerprint density at radius 2 is 1.77 bits per heavy atom. The quantitative estimate of drug-likeness (QED) is 0.251. The second-order valence-electron chi connectivity index (χ2n) is 6.99. The Bertz CT molecular complexity index is 1320. The lowest BCUT2D eigenvalue weighted by molar-refractivity contribution is -0.112. The molecule has 1 N–H and O–H groups in total. The molecule has 4 rings (SSSR count). The van der Waals surface area contributed by atoms with E-state index in [1.165, 1.54) is 0 Å². The van der Waals surface area contributed by atoms with Crippen molar-refractivity contribution in [1.82, 2.24) is 4.57 Å². The first kappa shape index (κ1) is 20.9. The van der Waals surface area contributed by atoms with Crippen LogP contribution in [-0.4, -0.2) is 10.5 Å². The summed E-state index contributed by atoms with van der Waals surface area (Å²) >= 11 is 9.36. The summed E-state index contributed by atoms with van der Waals surface area (Å²) in [6.07, 6.45) is 3.60. The summed E-state index contributed by atoms with van der Waals surface area (Å²) in [6, 6.07) is 24.9. The molecule has 0 saturated carbocycles. The first-order chi connectivity index (χ1) is 15.0. The Hall–Kier alpha value is -3.33. The smallest absolute Gasteiger partial charge is 0.266 e. The van der Waals surface area contributed by atoms with Gasteiger partial charge in [0.25, 0.3) is 5.91 Å². The van der Waals surface area contributed by atoms with Gasteiger partial charge in [0, 0.05) is 44.4 Å². The summed E-state index contributed by atoms with van der Waals surface area (Å²) < 4.78 is 3.02. The first-order valence-corrected chi connectivity index (χ1v) is 10.7. The van der Waals surface area contributed by atoms with E-state index in [2.05, 4.69) is 25.8 Å². The summed E-state index contributed by atoms with van der Waals surface area (Å²) in [7, 11) is 0. The van der Waals surface area contributed by atoms with Crippen LogP contribution in [0.1, 0.15) is 11.1 Å². The molecule has 0 unspecified atom stereocenters. The van der Waals surface area contributed by atoms with Crippen molar-refractivity contribution in [1.29, 1.82) is 5.26 Å². The van der Waals surface area contributed by atoms with Crippen LogP contribution in [0.25, 0.3) is 17.0 Å². The second-order valence-corrected chi connectivity index (χ2v) is 8.34. The summed E-state index contributed by atoms with van der Waals surface area (Å²) in [5, 5.41) is 14.1. The number of benzene rings is 3. The Morgan fingerprint density at radius 3 is 2.48 bits per heavy atom. The summed E-state index contributed by atoms with van der Waals surface area (Å²) in [4.78, 5) is 12.7. The number of amides is 1. The number of anilines is 1. The molecule has 0 aliphatic heterocycles. The van der Waals surface area contributed by atoms with Gasteiger partial charge in [-0.25, -0.2) is 0 Å². The highest BCUT2D eigenvalue weighted by Crippen LogP contribution is 2.25. The van der Waals surface area contributed by atoms with Gasteiger partial charge in [-0.2, -0.15) is 5.26 Å². The maximum Gasteiger partial charge on any atom is 0.266 e. The molecule has 1 heterocycles. The second kappa shape index (κ2) is 9.22. The number of nitrogens with zero attached hydrogens (tertiary/aromatic N) is 2. The van der Waals surface area contributed by atoms with Crippen LogP contribution in [0.2, 0.25) is 5.02 Å². The van der Waals surface area contributed by atoms with Crippen LogP contribution in [0, 0.1) is 11.3 Å². The largest absolute Gasteiger partial charge is 0.342 e. The van der Waals surface area contributed by atoms with Gasteiger partial charge in [0.15, 0.2) is 0 Å². The topological polar surface area (TPSA) is 57.8 Å². The van der Waals surface area contributed by atoms with Gasteiger partial charge in [0.1, 0.15) is 11.6 Å². The van der Waals surface area contributed by atoms with E-state index >= 15 is 0 Å². The molecule has 4 aromatic rings. The van der Waals surface area contributed by atoms with Crippen LogP contribution in [0.3, 0.4) is 0 Å². The highest BCUT2D eigenvalue weighted by Gasteiger charge is 2.13. The van der Waals surface area contributed by atoms with Crippen molar-refractivity contribution >= 4 is 56.1 Å². The molecule has 1 aromatic heterocycles. The van der Waals surface area contributed by atoms with Crippen molar-refractivity contribution < 1.29 is 4.79 Å². The number of rotatable bonds is 5. The summed E-state index contributed by atoms with van der Waals surface area (Å²) in [5.41, 5.74) is 3.60. The lowest BCUT2D eigenvalue weighted by Gasteiger charge is -2.05. The SMILES string of the molecule is N#C/C(=C\c1cn(Cc2ccc(Cl)cc2)c2ccccc12)C(=O)Nc1ccc(Br)cc1. The standard InChI is InChI=1S/C25H17BrClN3O/c26-20-7-11-22(12-8-20)29-25(31)18(14-28)13-19-16-30(24-4-2-1-3-23(19)24)15-17-5-9-21(27)10-6-17/h1-13,16H,15H2,(H,29,31)/b18-13+. The number of nitriles is 1. The molecule has 6 heteroatoms. The van der Waals surface area contributed by atoms with E-state index in [1.54, 1.807) is 18.2 Å². The molecule has 0 fully saturated rings. The Labute approximate surface area is 193 Å². The predicted octanol–water partition coefficient (Wildman–Crippen LogP) is 6.65. The molecule has 152 valence electrons. The molecule has 0 saturated heterocycles. The number of halogens is 2. The third-order valence-electron chi connectivity index (χ3n) is 4.85.